The van der Waals surface area contributed by atoms with Crippen molar-refractivity contribution in [1.29, 1.82) is 0 Å². The molecule has 4 aromatic rings. The van der Waals surface area contributed by atoms with Crippen molar-refractivity contribution in [3.8, 4) is 22.8 Å². The van der Waals surface area contributed by atoms with Crippen LogP contribution in [0.15, 0.2) is 83.4 Å². The standard InChI is InChI=1S/C28H27NO5/c1-3-22-15-23(27-16-24(29-34-27)28(30)31-4-2)26(33-19-21-13-9-6-10-14-21)17-25(22)32-18-20-11-7-5-8-12-20/h5-17H,3-4,18-19H2,1-2H3. The highest BCUT2D eigenvalue weighted by Gasteiger charge is 2.20. The third-order valence-corrected chi connectivity index (χ3v) is 5.28. The number of carbonyl (C=O) groups excluding carboxylic acids is 1. The Morgan fingerprint density at radius 2 is 1.44 bits per heavy atom. The van der Waals surface area contributed by atoms with Gasteiger partial charge in [0.05, 0.1) is 12.2 Å². The SMILES string of the molecule is CCOC(=O)c1cc(-c2cc(CC)c(OCc3ccccc3)cc2OCc2ccccc2)on1. The Kier molecular flexibility index (Phi) is 7.60. The molecule has 6 nitrogen and oxygen atoms in total. The first-order chi connectivity index (χ1) is 16.7. The molecule has 0 radical (unpaired) electrons. The van der Waals surface area contributed by atoms with Gasteiger partial charge in [0.1, 0.15) is 24.7 Å². The lowest BCUT2D eigenvalue weighted by Gasteiger charge is -2.16. The number of carbonyl (C=O) groups is 1. The number of rotatable bonds is 10. The Morgan fingerprint density at radius 3 is 2.03 bits per heavy atom. The molecule has 4 rings (SSSR count). The van der Waals surface area contributed by atoms with Crippen LogP contribution >= 0.6 is 0 Å². The number of esters is 1. The molecule has 6 heteroatoms. The van der Waals surface area contributed by atoms with Gasteiger partial charge in [-0.05, 0) is 36.1 Å². The van der Waals surface area contributed by atoms with Gasteiger partial charge in [0.2, 0.25) is 0 Å². The first-order valence-corrected chi connectivity index (χ1v) is 11.3. The number of aromatic nitrogens is 1. The molecule has 174 valence electrons. The van der Waals surface area contributed by atoms with Crippen LogP contribution in [0, 0.1) is 0 Å². The average molecular weight is 458 g/mol. The highest BCUT2D eigenvalue weighted by molar-refractivity contribution is 5.88. The second kappa shape index (κ2) is 11.2. The summed E-state index contributed by atoms with van der Waals surface area (Å²) >= 11 is 0. The Hall–Kier alpha value is -4.06. The van der Waals surface area contributed by atoms with Crippen LogP contribution in [0.1, 0.15) is 41.0 Å². The first-order valence-electron chi connectivity index (χ1n) is 11.3. The topological polar surface area (TPSA) is 70.8 Å². The van der Waals surface area contributed by atoms with Gasteiger partial charge in [0, 0.05) is 12.1 Å². The summed E-state index contributed by atoms with van der Waals surface area (Å²) in [5.41, 5.74) is 3.92. The van der Waals surface area contributed by atoms with Crippen LogP contribution < -0.4 is 9.47 Å². The summed E-state index contributed by atoms with van der Waals surface area (Å²) < 4.78 is 22.9. The van der Waals surface area contributed by atoms with E-state index in [1.807, 2.05) is 72.8 Å². The first kappa shape index (κ1) is 23.1. The number of hydrogen-bond acceptors (Lipinski definition) is 6. The van der Waals surface area contributed by atoms with Crippen molar-refractivity contribution in [2.45, 2.75) is 33.5 Å². The van der Waals surface area contributed by atoms with E-state index in [1.54, 1.807) is 13.0 Å². The molecule has 0 spiro atoms. The molecule has 0 bridgehead atoms. The van der Waals surface area contributed by atoms with E-state index in [0.717, 1.165) is 28.9 Å². The van der Waals surface area contributed by atoms with Gasteiger partial charge < -0.3 is 18.7 Å². The number of benzene rings is 3. The molecule has 0 aliphatic carbocycles. The Labute approximate surface area is 199 Å². The van der Waals surface area contributed by atoms with Crippen molar-refractivity contribution in [3.63, 3.8) is 0 Å². The zero-order chi connectivity index (χ0) is 23.8. The molecule has 0 saturated carbocycles. The maximum Gasteiger partial charge on any atom is 0.360 e. The van der Waals surface area contributed by atoms with Crippen molar-refractivity contribution in [2.24, 2.45) is 0 Å². The van der Waals surface area contributed by atoms with Crippen LogP contribution in [0.25, 0.3) is 11.3 Å². The molecule has 0 fully saturated rings. The van der Waals surface area contributed by atoms with E-state index in [9.17, 15) is 4.79 Å². The highest BCUT2D eigenvalue weighted by atomic mass is 16.5. The van der Waals surface area contributed by atoms with E-state index in [1.165, 1.54) is 0 Å². The third kappa shape index (κ3) is 5.64. The minimum absolute atomic E-state index is 0.119. The van der Waals surface area contributed by atoms with E-state index >= 15 is 0 Å². The van der Waals surface area contributed by atoms with Crippen LogP contribution in [-0.4, -0.2) is 17.7 Å². The number of nitrogens with zero attached hydrogens (tertiary/aromatic N) is 1. The number of aryl methyl sites for hydroxylation is 1. The molecule has 1 heterocycles. The van der Waals surface area contributed by atoms with Crippen molar-refractivity contribution < 1.29 is 23.5 Å². The third-order valence-electron chi connectivity index (χ3n) is 5.28. The van der Waals surface area contributed by atoms with Crippen molar-refractivity contribution >= 4 is 5.97 Å². The molecule has 1 aromatic heterocycles. The van der Waals surface area contributed by atoms with Gasteiger partial charge in [-0.3, -0.25) is 0 Å². The monoisotopic (exact) mass is 457 g/mol. The quantitative estimate of drug-likeness (QED) is 0.263. The van der Waals surface area contributed by atoms with E-state index in [-0.39, 0.29) is 12.3 Å². The van der Waals surface area contributed by atoms with E-state index in [0.29, 0.717) is 30.3 Å². The zero-order valence-electron chi connectivity index (χ0n) is 19.3. The van der Waals surface area contributed by atoms with Gasteiger partial charge >= 0.3 is 5.97 Å². The second-order valence-electron chi connectivity index (χ2n) is 7.66. The van der Waals surface area contributed by atoms with Gasteiger partial charge in [-0.2, -0.15) is 0 Å². The van der Waals surface area contributed by atoms with E-state index in [4.69, 9.17) is 18.7 Å². The fourth-order valence-corrected chi connectivity index (χ4v) is 3.50. The summed E-state index contributed by atoms with van der Waals surface area (Å²) in [5.74, 6) is 1.22. The summed E-state index contributed by atoms with van der Waals surface area (Å²) in [6.07, 6.45) is 0.745. The summed E-state index contributed by atoms with van der Waals surface area (Å²) in [7, 11) is 0. The lowest BCUT2D eigenvalue weighted by molar-refractivity contribution is 0.0514. The van der Waals surface area contributed by atoms with Gasteiger partial charge in [-0.1, -0.05) is 72.7 Å². The Bertz CT molecular complexity index is 1220. The van der Waals surface area contributed by atoms with E-state index in [2.05, 4.69) is 12.1 Å². The minimum atomic E-state index is -0.525. The maximum atomic E-state index is 12.1. The molecular weight excluding hydrogens is 430 g/mol. The Morgan fingerprint density at radius 1 is 0.824 bits per heavy atom. The largest absolute Gasteiger partial charge is 0.488 e. The van der Waals surface area contributed by atoms with Crippen LogP contribution in [0.3, 0.4) is 0 Å². The predicted octanol–water partition coefficient (Wildman–Crippen LogP) is 6.24. The fourth-order valence-electron chi connectivity index (χ4n) is 3.50. The molecular formula is C28H27NO5. The Balaban J connectivity index is 1.67. The van der Waals surface area contributed by atoms with Crippen molar-refractivity contribution in [3.05, 3.63) is 101 Å². The number of hydrogen-bond donors (Lipinski definition) is 0. The molecule has 0 unspecified atom stereocenters. The van der Waals surface area contributed by atoms with Gasteiger partial charge in [0.15, 0.2) is 11.5 Å². The normalized spacial score (nSPS) is 10.6. The molecule has 0 amide bonds. The van der Waals surface area contributed by atoms with Gasteiger partial charge in [0.25, 0.3) is 0 Å². The minimum Gasteiger partial charge on any atom is -0.488 e. The lowest BCUT2D eigenvalue weighted by atomic mass is 10.0. The summed E-state index contributed by atoms with van der Waals surface area (Å²) in [6, 6.07) is 25.3. The van der Waals surface area contributed by atoms with Gasteiger partial charge in [-0.25, -0.2) is 4.79 Å². The molecule has 3 aromatic carbocycles. The molecule has 0 N–H and O–H groups in total. The fraction of sp³-hybridized carbons (Fsp3) is 0.214. The molecule has 0 atom stereocenters. The van der Waals surface area contributed by atoms with Crippen LogP contribution in [0.2, 0.25) is 0 Å². The van der Waals surface area contributed by atoms with Crippen LogP contribution in [0.5, 0.6) is 11.5 Å². The summed E-state index contributed by atoms with van der Waals surface area (Å²) in [6.45, 7) is 4.89. The highest BCUT2D eigenvalue weighted by Crippen LogP contribution is 2.38. The summed E-state index contributed by atoms with van der Waals surface area (Å²) in [5, 5.41) is 3.89. The lowest BCUT2D eigenvalue weighted by Crippen LogP contribution is -2.04. The zero-order valence-corrected chi connectivity index (χ0v) is 19.3. The smallest absolute Gasteiger partial charge is 0.360 e. The molecule has 0 aliphatic heterocycles. The summed E-state index contributed by atoms with van der Waals surface area (Å²) in [4.78, 5) is 12.1. The predicted molar refractivity (Wildman–Crippen MR) is 129 cm³/mol. The molecule has 34 heavy (non-hydrogen) atoms. The van der Waals surface area contributed by atoms with Crippen LogP contribution in [0.4, 0.5) is 0 Å². The molecule has 0 saturated heterocycles. The van der Waals surface area contributed by atoms with Crippen molar-refractivity contribution in [1.82, 2.24) is 5.16 Å². The maximum absolute atomic E-state index is 12.1. The van der Waals surface area contributed by atoms with Crippen molar-refractivity contribution in [2.75, 3.05) is 6.61 Å². The number of ether oxygens (including phenoxy) is 3. The van der Waals surface area contributed by atoms with E-state index < -0.39 is 5.97 Å². The average Bonchev–Trinajstić information content (AvgIpc) is 3.38. The van der Waals surface area contributed by atoms with Gasteiger partial charge in [-0.15, -0.1) is 0 Å². The second-order valence-corrected chi connectivity index (χ2v) is 7.66. The molecule has 0 aliphatic rings. The van der Waals surface area contributed by atoms with Crippen LogP contribution in [-0.2, 0) is 24.4 Å².